The van der Waals surface area contributed by atoms with Gasteiger partial charge in [-0.2, -0.15) is 0 Å². The Morgan fingerprint density at radius 1 is 1.48 bits per heavy atom. The molecule has 1 atom stereocenters. The standard InChI is InChI=1S/C15H18N4O2/c1-10-12(14-18-16-9-19(14)2)4-3-5-13(10)17-15(20)11-6-7-21-8-11/h3-5,9,11H,6-8H2,1-2H3,(H,17,20). The van der Waals surface area contributed by atoms with Gasteiger partial charge in [0.1, 0.15) is 6.33 Å². The molecule has 0 spiro atoms. The van der Waals surface area contributed by atoms with Crippen molar-refractivity contribution in [1.82, 2.24) is 14.8 Å². The molecule has 0 aliphatic carbocycles. The number of hydrogen-bond acceptors (Lipinski definition) is 4. The highest BCUT2D eigenvalue weighted by Crippen LogP contribution is 2.27. The van der Waals surface area contributed by atoms with Gasteiger partial charge in [0.15, 0.2) is 5.82 Å². The van der Waals surface area contributed by atoms with Gasteiger partial charge in [-0.1, -0.05) is 12.1 Å². The molecule has 0 saturated carbocycles. The minimum Gasteiger partial charge on any atom is -0.381 e. The molecule has 0 radical (unpaired) electrons. The lowest BCUT2D eigenvalue weighted by Crippen LogP contribution is -2.23. The SMILES string of the molecule is Cc1c(NC(=O)C2CCOC2)cccc1-c1nncn1C. The van der Waals surface area contributed by atoms with Gasteiger partial charge in [-0.05, 0) is 25.0 Å². The first-order valence-electron chi connectivity index (χ1n) is 6.99. The zero-order valence-electron chi connectivity index (χ0n) is 12.2. The Hall–Kier alpha value is -2.21. The van der Waals surface area contributed by atoms with Crippen LogP contribution in [0.4, 0.5) is 5.69 Å². The van der Waals surface area contributed by atoms with Gasteiger partial charge in [0.2, 0.25) is 5.91 Å². The summed E-state index contributed by atoms with van der Waals surface area (Å²) >= 11 is 0. The third-order valence-electron chi connectivity index (χ3n) is 3.84. The molecule has 1 unspecified atom stereocenters. The van der Waals surface area contributed by atoms with Crippen LogP contribution in [-0.4, -0.2) is 33.9 Å². The summed E-state index contributed by atoms with van der Waals surface area (Å²) in [6.07, 6.45) is 2.45. The molecular formula is C15H18N4O2. The van der Waals surface area contributed by atoms with Crippen molar-refractivity contribution in [2.75, 3.05) is 18.5 Å². The minimum absolute atomic E-state index is 0.0192. The van der Waals surface area contributed by atoms with E-state index in [1.165, 1.54) is 0 Å². The average molecular weight is 286 g/mol. The fourth-order valence-electron chi connectivity index (χ4n) is 2.52. The topological polar surface area (TPSA) is 69.0 Å². The second-order valence-corrected chi connectivity index (χ2v) is 5.29. The number of rotatable bonds is 3. The van der Waals surface area contributed by atoms with Crippen LogP contribution in [0.5, 0.6) is 0 Å². The summed E-state index contributed by atoms with van der Waals surface area (Å²) in [6, 6.07) is 5.80. The first-order chi connectivity index (χ1) is 10.2. The first kappa shape index (κ1) is 13.8. The Kier molecular flexibility index (Phi) is 3.70. The monoisotopic (exact) mass is 286 g/mol. The number of nitrogens with one attached hydrogen (secondary N) is 1. The first-order valence-corrected chi connectivity index (χ1v) is 6.99. The number of ether oxygens (including phenoxy) is 1. The van der Waals surface area contributed by atoms with E-state index in [1.54, 1.807) is 6.33 Å². The van der Waals surface area contributed by atoms with E-state index in [2.05, 4.69) is 15.5 Å². The van der Waals surface area contributed by atoms with Crippen molar-refractivity contribution in [3.8, 4) is 11.4 Å². The maximum atomic E-state index is 12.2. The lowest BCUT2D eigenvalue weighted by molar-refractivity contribution is -0.119. The zero-order valence-corrected chi connectivity index (χ0v) is 12.2. The van der Waals surface area contributed by atoms with Gasteiger partial charge in [0.05, 0.1) is 12.5 Å². The molecule has 1 aliphatic rings. The average Bonchev–Trinajstić information content (AvgIpc) is 3.12. The van der Waals surface area contributed by atoms with E-state index in [9.17, 15) is 4.79 Å². The number of anilines is 1. The lowest BCUT2D eigenvalue weighted by Gasteiger charge is -2.14. The predicted molar refractivity (Wildman–Crippen MR) is 78.7 cm³/mol. The molecule has 3 rings (SSSR count). The highest BCUT2D eigenvalue weighted by atomic mass is 16.5. The van der Waals surface area contributed by atoms with Crippen LogP contribution in [0, 0.1) is 12.8 Å². The number of hydrogen-bond donors (Lipinski definition) is 1. The number of carbonyl (C=O) groups excluding carboxylic acids is 1. The van der Waals surface area contributed by atoms with Gasteiger partial charge < -0.3 is 14.6 Å². The quantitative estimate of drug-likeness (QED) is 0.933. The fraction of sp³-hybridized carbons (Fsp3) is 0.400. The van der Waals surface area contributed by atoms with Gasteiger partial charge in [0.25, 0.3) is 0 Å². The molecule has 1 aromatic carbocycles. The van der Waals surface area contributed by atoms with E-state index in [0.717, 1.165) is 29.1 Å². The fourth-order valence-corrected chi connectivity index (χ4v) is 2.52. The highest BCUT2D eigenvalue weighted by Gasteiger charge is 2.24. The lowest BCUT2D eigenvalue weighted by atomic mass is 10.0. The number of aryl methyl sites for hydroxylation is 1. The molecule has 2 heterocycles. The maximum Gasteiger partial charge on any atom is 0.229 e. The number of carbonyl (C=O) groups is 1. The van der Waals surface area contributed by atoms with Gasteiger partial charge in [-0.25, -0.2) is 0 Å². The van der Waals surface area contributed by atoms with Crippen molar-refractivity contribution in [2.45, 2.75) is 13.3 Å². The Labute approximate surface area is 123 Å². The number of benzene rings is 1. The molecule has 21 heavy (non-hydrogen) atoms. The molecule has 6 heteroatoms. The van der Waals surface area contributed by atoms with Crippen molar-refractivity contribution in [3.05, 3.63) is 30.1 Å². The summed E-state index contributed by atoms with van der Waals surface area (Å²) < 4.78 is 7.12. The van der Waals surface area contributed by atoms with Crippen LogP contribution in [0.1, 0.15) is 12.0 Å². The summed E-state index contributed by atoms with van der Waals surface area (Å²) in [5, 5.41) is 11.0. The maximum absolute atomic E-state index is 12.2. The largest absolute Gasteiger partial charge is 0.381 e. The summed E-state index contributed by atoms with van der Waals surface area (Å²) in [7, 11) is 1.90. The molecule has 1 amide bonds. The number of amides is 1. The predicted octanol–water partition coefficient (Wildman–Crippen LogP) is 1.77. The number of aromatic nitrogens is 3. The molecule has 6 nitrogen and oxygen atoms in total. The van der Waals surface area contributed by atoms with E-state index in [1.807, 2.05) is 36.7 Å². The molecule has 1 N–H and O–H groups in total. The van der Waals surface area contributed by atoms with E-state index in [0.29, 0.717) is 13.2 Å². The van der Waals surface area contributed by atoms with Crippen molar-refractivity contribution >= 4 is 11.6 Å². The molecule has 1 saturated heterocycles. The van der Waals surface area contributed by atoms with E-state index in [4.69, 9.17) is 4.74 Å². The summed E-state index contributed by atoms with van der Waals surface area (Å²) in [5.74, 6) is 0.751. The molecular weight excluding hydrogens is 268 g/mol. The third kappa shape index (κ3) is 2.67. The Balaban J connectivity index is 1.87. The zero-order chi connectivity index (χ0) is 14.8. The van der Waals surface area contributed by atoms with Crippen LogP contribution < -0.4 is 5.32 Å². The van der Waals surface area contributed by atoms with E-state index >= 15 is 0 Å². The van der Waals surface area contributed by atoms with Crippen LogP contribution in [-0.2, 0) is 16.6 Å². The number of nitrogens with zero attached hydrogens (tertiary/aromatic N) is 3. The second kappa shape index (κ2) is 5.65. The highest BCUT2D eigenvalue weighted by molar-refractivity contribution is 5.94. The Bertz CT molecular complexity index is 659. The van der Waals surface area contributed by atoms with Crippen LogP contribution in [0.25, 0.3) is 11.4 Å². The second-order valence-electron chi connectivity index (χ2n) is 5.29. The minimum atomic E-state index is -0.0529. The van der Waals surface area contributed by atoms with Gasteiger partial charge in [-0.15, -0.1) is 10.2 Å². The van der Waals surface area contributed by atoms with Crippen LogP contribution in [0.15, 0.2) is 24.5 Å². The van der Waals surface area contributed by atoms with Crippen molar-refractivity contribution in [3.63, 3.8) is 0 Å². The Morgan fingerprint density at radius 2 is 2.33 bits per heavy atom. The van der Waals surface area contributed by atoms with Crippen molar-refractivity contribution < 1.29 is 9.53 Å². The van der Waals surface area contributed by atoms with Crippen LogP contribution in [0.2, 0.25) is 0 Å². The van der Waals surface area contributed by atoms with E-state index < -0.39 is 0 Å². The van der Waals surface area contributed by atoms with Gasteiger partial charge >= 0.3 is 0 Å². The van der Waals surface area contributed by atoms with Crippen molar-refractivity contribution in [1.29, 1.82) is 0 Å². The Morgan fingerprint density at radius 3 is 3.00 bits per heavy atom. The van der Waals surface area contributed by atoms with Crippen LogP contribution >= 0.6 is 0 Å². The summed E-state index contributed by atoms with van der Waals surface area (Å²) in [4.78, 5) is 12.2. The molecule has 0 bridgehead atoms. The van der Waals surface area contributed by atoms with Crippen LogP contribution in [0.3, 0.4) is 0 Å². The molecule has 1 aliphatic heterocycles. The third-order valence-corrected chi connectivity index (χ3v) is 3.84. The van der Waals surface area contributed by atoms with E-state index in [-0.39, 0.29) is 11.8 Å². The molecule has 1 aromatic heterocycles. The smallest absolute Gasteiger partial charge is 0.229 e. The summed E-state index contributed by atoms with van der Waals surface area (Å²) in [5.41, 5.74) is 2.77. The molecule has 2 aromatic rings. The molecule has 1 fully saturated rings. The van der Waals surface area contributed by atoms with Gasteiger partial charge in [-0.3, -0.25) is 4.79 Å². The van der Waals surface area contributed by atoms with Crippen molar-refractivity contribution in [2.24, 2.45) is 13.0 Å². The molecule has 110 valence electrons. The van der Waals surface area contributed by atoms with Gasteiger partial charge in [0, 0.05) is 24.9 Å². The normalized spacial score (nSPS) is 17.9. The summed E-state index contributed by atoms with van der Waals surface area (Å²) in [6.45, 7) is 3.15.